The minimum Gasteiger partial charge on any atom is -0.462 e. The summed E-state index contributed by atoms with van der Waals surface area (Å²) in [5, 5.41) is 10.1. The van der Waals surface area contributed by atoms with Crippen molar-refractivity contribution < 1.29 is 33.4 Å². The van der Waals surface area contributed by atoms with Crippen LogP contribution in [0.25, 0.3) is 0 Å². The number of ether oxygens (including phenoxy) is 3. The Morgan fingerprint density at radius 2 is 1.42 bits per heavy atom. The van der Waals surface area contributed by atoms with E-state index in [0.717, 1.165) is 0 Å². The molecule has 0 bridgehead atoms. The average molecular weight is 519 g/mol. The Morgan fingerprint density at radius 3 is 1.97 bits per heavy atom. The van der Waals surface area contributed by atoms with Crippen LogP contribution >= 0.6 is 11.6 Å². The summed E-state index contributed by atoms with van der Waals surface area (Å²) in [4.78, 5) is 52.0. The third-order valence-corrected chi connectivity index (χ3v) is 4.72. The van der Waals surface area contributed by atoms with Crippen LogP contribution in [0, 0.1) is 0 Å². The van der Waals surface area contributed by atoms with Crippen molar-refractivity contribution >= 4 is 52.6 Å². The van der Waals surface area contributed by atoms with Gasteiger partial charge >= 0.3 is 23.7 Å². The van der Waals surface area contributed by atoms with Crippen LogP contribution < -0.4 is 10.2 Å². The zero-order valence-electron chi connectivity index (χ0n) is 20.1. The highest BCUT2D eigenvalue weighted by Crippen LogP contribution is 2.35. The van der Waals surface area contributed by atoms with Crippen molar-refractivity contribution in [2.45, 2.75) is 26.4 Å². The van der Waals surface area contributed by atoms with Crippen LogP contribution in [0.2, 0.25) is 0 Å². The van der Waals surface area contributed by atoms with Crippen LogP contribution in [0.4, 0.5) is 21.9 Å². The quantitative estimate of drug-likeness (QED) is 0.154. The molecule has 0 fully saturated rings. The van der Waals surface area contributed by atoms with E-state index in [-0.39, 0.29) is 31.2 Å². The first-order chi connectivity index (χ1) is 17.3. The van der Waals surface area contributed by atoms with Gasteiger partial charge in [-0.2, -0.15) is 5.11 Å². The van der Waals surface area contributed by atoms with Crippen LogP contribution in [-0.4, -0.2) is 55.3 Å². The molecule has 0 atom stereocenters. The van der Waals surface area contributed by atoms with Gasteiger partial charge in [-0.1, -0.05) is 30.3 Å². The number of esters is 2. The lowest BCUT2D eigenvalue weighted by Crippen LogP contribution is -2.60. The lowest BCUT2D eigenvalue weighted by molar-refractivity contribution is -0.167. The summed E-state index contributed by atoms with van der Waals surface area (Å²) in [5.41, 5.74) is -1.88. The maximum atomic E-state index is 12.9. The number of alkyl halides is 1. The number of amides is 2. The molecule has 0 saturated carbocycles. The van der Waals surface area contributed by atoms with Gasteiger partial charge in [0, 0.05) is 0 Å². The lowest BCUT2D eigenvalue weighted by Gasteiger charge is -2.25. The fraction of sp³-hybridized carbons (Fsp3) is 0.333. The van der Waals surface area contributed by atoms with Gasteiger partial charge in [-0.25, -0.2) is 19.3 Å². The van der Waals surface area contributed by atoms with Crippen LogP contribution in [0.3, 0.4) is 0 Å². The molecule has 0 radical (unpaired) electrons. The number of hydrogen-bond donors (Lipinski definition) is 1. The average Bonchev–Trinajstić information content (AvgIpc) is 2.88. The number of carbonyl (C=O) groups is 4. The fourth-order valence-corrected chi connectivity index (χ4v) is 3.04. The molecule has 0 saturated heterocycles. The second kappa shape index (κ2) is 13.8. The summed E-state index contributed by atoms with van der Waals surface area (Å²) in [6.07, 6.45) is -0.691. The Morgan fingerprint density at radius 1 is 0.861 bits per heavy atom. The number of halogens is 1. The molecule has 0 aromatic heterocycles. The lowest BCUT2D eigenvalue weighted by atomic mass is 10.1. The molecule has 2 aromatic carbocycles. The van der Waals surface area contributed by atoms with Gasteiger partial charge in [-0.3, -0.25) is 4.79 Å². The SMILES string of the molecule is CCOC(=O)N(c1ccccc1)c1ccccc1N=NC(NC(=O)CCl)(C(=O)OCC)C(=O)OCC. The molecular formula is C24H27ClN4O7. The first kappa shape index (κ1) is 28.2. The van der Waals surface area contributed by atoms with E-state index in [0.29, 0.717) is 5.69 Å². The predicted molar refractivity (Wildman–Crippen MR) is 131 cm³/mol. The normalized spacial score (nSPS) is 11.0. The van der Waals surface area contributed by atoms with E-state index < -0.39 is 35.5 Å². The summed E-state index contributed by atoms with van der Waals surface area (Å²) >= 11 is 5.59. The number of carbonyl (C=O) groups excluding carboxylic acids is 4. The molecular weight excluding hydrogens is 492 g/mol. The zero-order chi connectivity index (χ0) is 26.6. The summed E-state index contributed by atoms with van der Waals surface area (Å²) in [6, 6.07) is 15.0. The molecule has 2 amide bonds. The van der Waals surface area contributed by atoms with Gasteiger partial charge in [0.2, 0.25) is 5.91 Å². The van der Waals surface area contributed by atoms with E-state index in [1.807, 2.05) is 0 Å². The molecule has 0 aliphatic carbocycles. The van der Waals surface area contributed by atoms with Crippen LogP contribution in [0.1, 0.15) is 20.8 Å². The highest BCUT2D eigenvalue weighted by Gasteiger charge is 2.52. The van der Waals surface area contributed by atoms with Crippen molar-refractivity contribution in [1.82, 2.24) is 5.32 Å². The van der Waals surface area contributed by atoms with Crippen molar-refractivity contribution in [2.24, 2.45) is 10.2 Å². The zero-order valence-corrected chi connectivity index (χ0v) is 20.9. The summed E-state index contributed by atoms with van der Waals surface area (Å²) in [6.45, 7) is 4.58. The third-order valence-electron chi connectivity index (χ3n) is 4.48. The molecule has 2 aromatic rings. The van der Waals surface area contributed by atoms with Crippen LogP contribution in [0.5, 0.6) is 0 Å². The Hall–Kier alpha value is -3.99. The Labute approximate surface area is 213 Å². The highest BCUT2D eigenvalue weighted by atomic mass is 35.5. The second-order valence-corrected chi connectivity index (χ2v) is 7.16. The van der Waals surface area contributed by atoms with Gasteiger partial charge in [0.15, 0.2) is 0 Å². The van der Waals surface area contributed by atoms with E-state index in [1.165, 1.54) is 24.8 Å². The molecule has 2 rings (SSSR count). The topological polar surface area (TPSA) is 136 Å². The molecule has 11 nitrogen and oxygen atoms in total. The third kappa shape index (κ3) is 6.79. The largest absolute Gasteiger partial charge is 0.462 e. The highest BCUT2D eigenvalue weighted by molar-refractivity contribution is 6.28. The van der Waals surface area contributed by atoms with Crippen molar-refractivity contribution in [2.75, 3.05) is 30.6 Å². The molecule has 1 N–H and O–H groups in total. The molecule has 0 unspecified atom stereocenters. The fourth-order valence-electron chi connectivity index (χ4n) is 2.97. The minimum absolute atomic E-state index is 0.0764. The molecule has 0 aliphatic heterocycles. The van der Waals surface area contributed by atoms with Crippen LogP contribution in [0.15, 0.2) is 64.8 Å². The first-order valence-electron chi connectivity index (χ1n) is 11.1. The molecule has 192 valence electrons. The number of benzene rings is 2. The Bertz CT molecular complexity index is 1080. The molecule has 0 heterocycles. The van der Waals surface area contributed by atoms with Gasteiger partial charge in [0.1, 0.15) is 11.6 Å². The number of nitrogens with zero attached hydrogens (tertiary/aromatic N) is 3. The summed E-state index contributed by atoms with van der Waals surface area (Å²) in [7, 11) is 0. The number of nitrogens with one attached hydrogen (secondary N) is 1. The Kier molecular flexibility index (Phi) is 10.8. The van der Waals surface area contributed by atoms with E-state index in [9.17, 15) is 19.2 Å². The molecule has 0 spiro atoms. The van der Waals surface area contributed by atoms with E-state index in [1.54, 1.807) is 55.5 Å². The molecule has 12 heteroatoms. The van der Waals surface area contributed by atoms with Gasteiger partial charge < -0.3 is 19.5 Å². The number of hydrogen-bond acceptors (Lipinski definition) is 9. The first-order valence-corrected chi connectivity index (χ1v) is 11.6. The second-order valence-electron chi connectivity index (χ2n) is 6.89. The summed E-state index contributed by atoms with van der Waals surface area (Å²) in [5.74, 6) is -3.89. The van der Waals surface area contributed by atoms with Gasteiger partial charge in [-0.15, -0.1) is 16.7 Å². The van der Waals surface area contributed by atoms with E-state index >= 15 is 0 Å². The van der Waals surface area contributed by atoms with Crippen molar-refractivity contribution in [3.8, 4) is 0 Å². The number of para-hydroxylation sites is 2. The standard InChI is InChI=1S/C24H27ClN4O7/c1-4-34-21(31)24(22(32)35-5-2,26-20(30)16-25)28-27-18-14-10-11-15-19(18)29(23(33)36-6-3)17-12-8-7-9-13-17/h7-15H,4-6,16H2,1-3H3,(H,26,30). The number of anilines is 2. The monoisotopic (exact) mass is 518 g/mol. The van der Waals surface area contributed by atoms with E-state index in [2.05, 4.69) is 15.5 Å². The van der Waals surface area contributed by atoms with Crippen molar-refractivity contribution in [1.29, 1.82) is 0 Å². The van der Waals surface area contributed by atoms with E-state index in [4.69, 9.17) is 25.8 Å². The number of rotatable bonds is 11. The van der Waals surface area contributed by atoms with Gasteiger partial charge in [0.05, 0.1) is 31.2 Å². The maximum Gasteiger partial charge on any atom is 0.419 e. The Balaban J connectivity index is 2.68. The molecule has 0 aliphatic rings. The predicted octanol–water partition coefficient (Wildman–Crippen LogP) is 4.24. The smallest absolute Gasteiger partial charge is 0.419 e. The minimum atomic E-state index is -2.66. The van der Waals surface area contributed by atoms with Crippen LogP contribution in [-0.2, 0) is 28.6 Å². The number of azo groups is 1. The maximum absolute atomic E-state index is 12.9. The van der Waals surface area contributed by atoms with Crippen molar-refractivity contribution in [3.63, 3.8) is 0 Å². The van der Waals surface area contributed by atoms with Gasteiger partial charge in [-0.05, 0) is 45.0 Å². The summed E-state index contributed by atoms with van der Waals surface area (Å²) < 4.78 is 15.2. The molecule has 36 heavy (non-hydrogen) atoms. The van der Waals surface area contributed by atoms with Crippen molar-refractivity contribution in [3.05, 3.63) is 54.6 Å². The van der Waals surface area contributed by atoms with Gasteiger partial charge in [0.25, 0.3) is 0 Å².